The molecular weight excluding hydrogens is 312 g/mol. The summed E-state index contributed by atoms with van der Waals surface area (Å²) in [5.41, 5.74) is 1.73. The van der Waals surface area contributed by atoms with Crippen molar-refractivity contribution in [2.45, 2.75) is 37.6 Å². The zero-order valence-electron chi connectivity index (χ0n) is 15.4. The zero-order valence-corrected chi connectivity index (χ0v) is 15.4. The van der Waals surface area contributed by atoms with Crippen LogP contribution in [0.2, 0.25) is 0 Å². The van der Waals surface area contributed by atoms with Gasteiger partial charge < -0.3 is 10.2 Å². The number of rotatable bonds is 5. The Morgan fingerprint density at radius 3 is 2.44 bits per heavy atom. The van der Waals surface area contributed by atoms with Crippen LogP contribution in [0.1, 0.15) is 43.5 Å². The van der Waals surface area contributed by atoms with Gasteiger partial charge in [0.05, 0.1) is 17.2 Å². The first kappa shape index (κ1) is 17.7. The lowest BCUT2D eigenvalue weighted by Gasteiger charge is -2.40. The Morgan fingerprint density at radius 2 is 1.88 bits per heavy atom. The predicted molar refractivity (Wildman–Crippen MR) is 99.2 cm³/mol. The lowest BCUT2D eigenvalue weighted by atomic mass is 9.72. The van der Waals surface area contributed by atoms with Crippen molar-refractivity contribution in [2.75, 3.05) is 20.1 Å². The number of benzene rings is 1. The molecule has 5 nitrogen and oxygen atoms in total. The maximum absolute atomic E-state index is 13.4. The molecule has 3 rings (SSSR count). The van der Waals surface area contributed by atoms with Gasteiger partial charge in [-0.2, -0.15) is 5.10 Å². The average Bonchev–Trinajstić information content (AvgIpc) is 3.07. The van der Waals surface area contributed by atoms with Gasteiger partial charge >= 0.3 is 0 Å². The molecule has 1 amide bonds. The van der Waals surface area contributed by atoms with Crippen LogP contribution in [0.5, 0.6) is 0 Å². The van der Waals surface area contributed by atoms with Gasteiger partial charge in [0.25, 0.3) is 0 Å². The minimum absolute atomic E-state index is 0.0137. The van der Waals surface area contributed by atoms with Gasteiger partial charge in [0, 0.05) is 13.2 Å². The van der Waals surface area contributed by atoms with Crippen LogP contribution >= 0.6 is 0 Å². The molecule has 2 heterocycles. The summed E-state index contributed by atoms with van der Waals surface area (Å²) in [5.74, 6) is 0.139. The van der Waals surface area contributed by atoms with Gasteiger partial charge in [-0.25, -0.2) is 0 Å². The first-order chi connectivity index (χ1) is 12.1. The smallest absolute Gasteiger partial charge is 0.231 e. The lowest BCUT2D eigenvalue weighted by molar-refractivity contribution is -0.129. The van der Waals surface area contributed by atoms with Gasteiger partial charge in [-0.05, 0) is 51.0 Å². The van der Waals surface area contributed by atoms with Crippen LogP contribution in [0.15, 0.2) is 42.6 Å². The summed E-state index contributed by atoms with van der Waals surface area (Å²) >= 11 is 0. The molecule has 0 saturated carbocycles. The van der Waals surface area contributed by atoms with E-state index >= 15 is 0 Å². The molecule has 1 saturated heterocycles. The van der Waals surface area contributed by atoms with Crippen molar-refractivity contribution >= 4 is 5.91 Å². The normalized spacial score (nSPS) is 18.7. The lowest BCUT2D eigenvalue weighted by Crippen LogP contribution is -2.51. The summed E-state index contributed by atoms with van der Waals surface area (Å²) in [7, 11) is 4.05. The van der Waals surface area contributed by atoms with Crippen molar-refractivity contribution in [3.05, 3.63) is 53.9 Å². The molecule has 1 aliphatic heterocycles. The Morgan fingerprint density at radius 1 is 1.20 bits per heavy atom. The number of amides is 1. The van der Waals surface area contributed by atoms with Crippen LogP contribution in [0.25, 0.3) is 0 Å². The number of hydrogen-bond acceptors (Lipinski definition) is 3. The molecule has 2 aromatic rings. The zero-order chi connectivity index (χ0) is 17.9. The van der Waals surface area contributed by atoms with E-state index < -0.39 is 5.41 Å². The molecule has 0 bridgehead atoms. The van der Waals surface area contributed by atoms with E-state index in [2.05, 4.69) is 41.4 Å². The Bertz CT molecular complexity index is 701. The summed E-state index contributed by atoms with van der Waals surface area (Å²) in [5, 5.41) is 7.56. The number of likely N-dealkylation sites (tertiary alicyclic amines) is 1. The fraction of sp³-hybridized carbons (Fsp3) is 0.500. The van der Waals surface area contributed by atoms with E-state index in [1.807, 2.05) is 36.0 Å². The van der Waals surface area contributed by atoms with Crippen molar-refractivity contribution in [2.24, 2.45) is 7.05 Å². The minimum atomic E-state index is -0.445. The second-order valence-electron chi connectivity index (χ2n) is 7.07. The highest BCUT2D eigenvalue weighted by Crippen LogP contribution is 2.36. The second-order valence-corrected chi connectivity index (χ2v) is 7.07. The molecule has 0 aliphatic carbocycles. The molecule has 134 valence electrons. The van der Waals surface area contributed by atoms with E-state index in [-0.39, 0.29) is 11.9 Å². The van der Waals surface area contributed by atoms with Crippen LogP contribution in [-0.2, 0) is 17.3 Å². The van der Waals surface area contributed by atoms with E-state index in [0.717, 1.165) is 43.6 Å². The van der Waals surface area contributed by atoms with Gasteiger partial charge in [-0.3, -0.25) is 9.48 Å². The van der Waals surface area contributed by atoms with Crippen molar-refractivity contribution in [1.29, 1.82) is 0 Å². The number of carbonyl (C=O) groups is 1. The maximum Gasteiger partial charge on any atom is 0.231 e. The monoisotopic (exact) mass is 340 g/mol. The number of hydrogen-bond donors (Lipinski definition) is 1. The second kappa shape index (κ2) is 7.40. The quantitative estimate of drug-likeness (QED) is 0.910. The number of nitrogens with zero attached hydrogens (tertiary/aromatic N) is 3. The fourth-order valence-corrected chi connectivity index (χ4v) is 3.81. The van der Waals surface area contributed by atoms with Gasteiger partial charge in [0.1, 0.15) is 0 Å². The Kier molecular flexibility index (Phi) is 5.23. The Balaban J connectivity index is 1.88. The van der Waals surface area contributed by atoms with Crippen LogP contribution in [0, 0.1) is 0 Å². The maximum atomic E-state index is 13.4. The SMILES string of the molecule is CCC(NC(=O)C1(c2ccccc2)CCN(C)CC1)c1ccnn1C. The molecule has 1 aromatic heterocycles. The summed E-state index contributed by atoms with van der Waals surface area (Å²) in [6, 6.07) is 12.2. The molecule has 1 fully saturated rings. The molecule has 1 unspecified atom stereocenters. The van der Waals surface area contributed by atoms with Crippen molar-refractivity contribution in [3.63, 3.8) is 0 Å². The van der Waals surface area contributed by atoms with Crippen molar-refractivity contribution in [1.82, 2.24) is 20.0 Å². The number of nitrogens with one attached hydrogen (secondary N) is 1. The van der Waals surface area contributed by atoms with Gasteiger partial charge in [-0.1, -0.05) is 37.3 Å². The third kappa shape index (κ3) is 3.47. The minimum Gasteiger partial charge on any atom is -0.347 e. The van der Waals surface area contributed by atoms with Crippen LogP contribution in [0.4, 0.5) is 0 Å². The first-order valence-corrected chi connectivity index (χ1v) is 9.10. The molecule has 1 aliphatic rings. The molecule has 5 heteroatoms. The average molecular weight is 340 g/mol. The Hall–Kier alpha value is -2.14. The summed E-state index contributed by atoms with van der Waals surface area (Å²) in [6.45, 7) is 3.97. The highest BCUT2D eigenvalue weighted by atomic mass is 16.2. The number of aromatic nitrogens is 2. The molecule has 25 heavy (non-hydrogen) atoms. The van der Waals surface area contributed by atoms with Gasteiger partial charge in [0.15, 0.2) is 0 Å². The molecule has 0 spiro atoms. The molecule has 1 aromatic carbocycles. The van der Waals surface area contributed by atoms with E-state index in [1.165, 1.54) is 0 Å². The molecule has 1 atom stereocenters. The van der Waals surface area contributed by atoms with Gasteiger partial charge in [-0.15, -0.1) is 0 Å². The van der Waals surface area contributed by atoms with Crippen molar-refractivity contribution in [3.8, 4) is 0 Å². The topological polar surface area (TPSA) is 50.2 Å². The summed E-state index contributed by atoms with van der Waals surface area (Å²) in [6.07, 6.45) is 4.32. The standard InChI is InChI=1S/C20H28N4O/c1-4-17(18-10-13-21-24(18)3)22-19(25)20(11-14-23(2)15-12-20)16-8-6-5-7-9-16/h5-10,13,17H,4,11-12,14-15H2,1-3H3,(H,22,25). The number of piperidine rings is 1. The van der Waals surface area contributed by atoms with Crippen LogP contribution in [-0.4, -0.2) is 40.7 Å². The van der Waals surface area contributed by atoms with E-state index in [0.29, 0.717) is 0 Å². The number of aryl methyl sites for hydroxylation is 1. The third-order valence-corrected chi connectivity index (χ3v) is 5.53. The third-order valence-electron chi connectivity index (χ3n) is 5.53. The highest BCUT2D eigenvalue weighted by molar-refractivity contribution is 5.88. The summed E-state index contributed by atoms with van der Waals surface area (Å²) in [4.78, 5) is 15.7. The van der Waals surface area contributed by atoms with Crippen LogP contribution in [0.3, 0.4) is 0 Å². The largest absolute Gasteiger partial charge is 0.347 e. The fourth-order valence-electron chi connectivity index (χ4n) is 3.81. The highest BCUT2D eigenvalue weighted by Gasteiger charge is 2.42. The van der Waals surface area contributed by atoms with Crippen molar-refractivity contribution < 1.29 is 4.79 Å². The first-order valence-electron chi connectivity index (χ1n) is 9.10. The molecule has 1 N–H and O–H groups in total. The van der Waals surface area contributed by atoms with Gasteiger partial charge in [0.2, 0.25) is 5.91 Å². The van der Waals surface area contributed by atoms with E-state index in [1.54, 1.807) is 6.20 Å². The predicted octanol–water partition coefficient (Wildman–Crippen LogP) is 2.65. The van der Waals surface area contributed by atoms with Crippen LogP contribution < -0.4 is 5.32 Å². The number of carbonyl (C=O) groups excluding carboxylic acids is 1. The van der Waals surface area contributed by atoms with E-state index in [9.17, 15) is 4.79 Å². The molecule has 0 radical (unpaired) electrons. The summed E-state index contributed by atoms with van der Waals surface area (Å²) < 4.78 is 1.85. The van der Waals surface area contributed by atoms with E-state index in [4.69, 9.17) is 0 Å². The molecular formula is C20H28N4O. The Labute approximate surface area is 150 Å².